The molecule has 31 heavy (non-hydrogen) atoms. The molecule has 0 saturated carbocycles. The number of nitrogens with one attached hydrogen (secondary N) is 1. The first-order valence-corrected chi connectivity index (χ1v) is 10.1. The Hall–Kier alpha value is -3.60. The Balaban J connectivity index is 2.15. The molecule has 0 aliphatic heterocycles. The van der Waals surface area contributed by atoms with Gasteiger partial charge in [0.25, 0.3) is 5.56 Å². The highest BCUT2D eigenvalue weighted by atomic mass is 16.5. The van der Waals surface area contributed by atoms with Gasteiger partial charge in [0.1, 0.15) is 5.75 Å². The number of aryl methyl sites for hydroxylation is 1. The molecule has 0 saturated heterocycles. The van der Waals surface area contributed by atoms with E-state index in [0.717, 1.165) is 33.7 Å². The average molecular weight is 417 g/mol. The molecule has 2 aromatic carbocycles. The van der Waals surface area contributed by atoms with E-state index in [0.29, 0.717) is 11.1 Å². The summed E-state index contributed by atoms with van der Waals surface area (Å²) in [6, 6.07) is 14.8. The Kier molecular flexibility index (Phi) is 6.16. The normalized spacial score (nSPS) is 11.6. The molecule has 1 amide bonds. The number of pyridine rings is 1. The third kappa shape index (κ3) is 4.94. The lowest BCUT2D eigenvalue weighted by Crippen LogP contribution is -2.15. The Bertz CT molecular complexity index is 1200. The molecule has 1 aromatic heterocycles. The molecule has 0 radical (unpaired) electrons. The van der Waals surface area contributed by atoms with Gasteiger partial charge in [-0.3, -0.25) is 9.59 Å². The van der Waals surface area contributed by atoms with Crippen molar-refractivity contribution in [2.24, 2.45) is 5.73 Å². The largest absolute Gasteiger partial charge is 0.496 e. The van der Waals surface area contributed by atoms with Crippen LogP contribution in [0.4, 0.5) is 0 Å². The van der Waals surface area contributed by atoms with Gasteiger partial charge in [-0.2, -0.15) is 0 Å². The summed E-state index contributed by atoms with van der Waals surface area (Å²) in [4.78, 5) is 26.8. The van der Waals surface area contributed by atoms with Crippen LogP contribution < -0.4 is 16.0 Å². The number of hydrogen-bond acceptors (Lipinski definition) is 3. The maximum atomic E-state index is 12.6. The van der Waals surface area contributed by atoms with Crippen LogP contribution in [0, 0.1) is 6.92 Å². The SMILES string of the molecule is COc1c(/C=C/c2ccc(C(N)=O)cc2)cc(-c2ccc(C)[nH]c2=O)cc1C(C)(C)C. The van der Waals surface area contributed by atoms with E-state index >= 15 is 0 Å². The summed E-state index contributed by atoms with van der Waals surface area (Å²) in [5.74, 6) is 0.313. The molecule has 0 spiro atoms. The van der Waals surface area contributed by atoms with Crippen LogP contribution in [0.2, 0.25) is 0 Å². The minimum atomic E-state index is -0.456. The van der Waals surface area contributed by atoms with Gasteiger partial charge in [-0.25, -0.2) is 0 Å². The third-order valence-electron chi connectivity index (χ3n) is 5.15. The molecular formula is C26H28N2O3. The van der Waals surface area contributed by atoms with Crippen LogP contribution in [-0.4, -0.2) is 18.0 Å². The van der Waals surface area contributed by atoms with Crippen molar-refractivity contribution in [1.82, 2.24) is 4.98 Å². The van der Waals surface area contributed by atoms with E-state index < -0.39 is 5.91 Å². The summed E-state index contributed by atoms with van der Waals surface area (Å²) >= 11 is 0. The number of aromatic amines is 1. The van der Waals surface area contributed by atoms with E-state index in [2.05, 4.69) is 25.8 Å². The number of benzene rings is 2. The molecule has 0 aliphatic carbocycles. The van der Waals surface area contributed by atoms with E-state index in [1.165, 1.54) is 0 Å². The zero-order valence-electron chi connectivity index (χ0n) is 18.6. The monoisotopic (exact) mass is 416 g/mol. The van der Waals surface area contributed by atoms with Gasteiger partial charge in [0.15, 0.2) is 0 Å². The van der Waals surface area contributed by atoms with Crippen molar-refractivity contribution >= 4 is 18.1 Å². The van der Waals surface area contributed by atoms with E-state index in [-0.39, 0.29) is 11.0 Å². The first-order valence-electron chi connectivity index (χ1n) is 10.1. The summed E-state index contributed by atoms with van der Waals surface area (Å²) in [6.45, 7) is 8.20. The number of aromatic nitrogens is 1. The molecule has 1 heterocycles. The van der Waals surface area contributed by atoms with Gasteiger partial charge < -0.3 is 15.5 Å². The zero-order chi connectivity index (χ0) is 22.8. The number of hydrogen-bond donors (Lipinski definition) is 2. The van der Waals surface area contributed by atoms with Gasteiger partial charge in [-0.05, 0) is 59.9 Å². The highest BCUT2D eigenvalue weighted by molar-refractivity contribution is 5.93. The summed E-state index contributed by atoms with van der Waals surface area (Å²) < 4.78 is 5.78. The standard InChI is InChI=1S/C26H28N2O3/c1-16-6-13-21(25(30)28-16)20-14-19(23(31-5)22(15-20)26(2,3)4)12-9-17-7-10-18(11-8-17)24(27)29/h6-15H,1-5H3,(H2,27,29)(H,28,30)/b12-9+. The molecule has 160 valence electrons. The Morgan fingerprint density at radius 3 is 2.26 bits per heavy atom. The highest BCUT2D eigenvalue weighted by Crippen LogP contribution is 2.38. The Morgan fingerprint density at radius 2 is 1.71 bits per heavy atom. The first kappa shape index (κ1) is 22.1. The van der Waals surface area contributed by atoms with Gasteiger partial charge in [-0.1, -0.05) is 45.1 Å². The quantitative estimate of drug-likeness (QED) is 0.579. The summed E-state index contributed by atoms with van der Waals surface area (Å²) in [5, 5.41) is 0. The topological polar surface area (TPSA) is 85.2 Å². The van der Waals surface area contributed by atoms with Crippen molar-refractivity contribution in [3.8, 4) is 16.9 Å². The minimum absolute atomic E-state index is 0.123. The maximum absolute atomic E-state index is 12.6. The van der Waals surface area contributed by atoms with Crippen molar-refractivity contribution in [1.29, 1.82) is 0 Å². The average Bonchev–Trinajstić information content (AvgIpc) is 2.71. The van der Waals surface area contributed by atoms with Gasteiger partial charge >= 0.3 is 0 Å². The molecule has 0 fully saturated rings. The smallest absolute Gasteiger partial charge is 0.256 e. The van der Waals surface area contributed by atoms with E-state index in [1.807, 2.05) is 55.5 Å². The van der Waals surface area contributed by atoms with Crippen molar-refractivity contribution in [2.45, 2.75) is 33.1 Å². The van der Waals surface area contributed by atoms with Gasteiger partial charge in [0.2, 0.25) is 5.91 Å². The number of ether oxygens (including phenoxy) is 1. The minimum Gasteiger partial charge on any atom is -0.496 e. The van der Waals surface area contributed by atoms with Crippen molar-refractivity contribution in [3.05, 3.63) is 86.8 Å². The van der Waals surface area contributed by atoms with Crippen LogP contribution in [0.5, 0.6) is 5.75 Å². The second kappa shape index (κ2) is 8.64. The lowest BCUT2D eigenvalue weighted by atomic mass is 9.83. The molecule has 0 atom stereocenters. The van der Waals surface area contributed by atoms with Crippen LogP contribution in [0.15, 0.2) is 53.3 Å². The van der Waals surface area contributed by atoms with E-state index in [9.17, 15) is 9.59 Å². The lowest BCUT2D eigenvalue weighted by Gasteiger charge is -2.24. The summed E-state index contributed by atoms with van der Waals surface area (Å²) in [7, 11) is 1.65. The number of H-pyrrole nitrogens is 1. The van der Waals surface area contributed by atoms with E-state index in [4.69, 9.17) is 10.5 Å². The molecule has 3 aromatic rings. The molecular weight excluding hydrogens is 388 g/mol. The number of primary amides is 1. The predicted octanol–water partition coefficient (Wildman–Crippen LogP) is 4.93. The van der Waals surface area contributed by atoms with Crippen molar-refractivity contribution in [2.75, 3.05) is 7.11 Å². The molecule has 0 unspecified atom stereocenters. The molecule has 0 bridgehead atoms. The van der Waals surface area contributed by atoms with Crippen LogP contribution in [-0.2, 0) is 5.41 Å². The van der Waals surface area contributed by atoms with Crippen molar-refractivity contribution < 1.29 is 9.53 Å². The number of rotatable bonds is 5. The van der Waals surface area contributed by atoms with Gasteiger partial charge in [0, 0.05) is 27.9 Å². The second-order valence-corrected chi connectivity index (χ2v) is 8.60. The molecule has 0 aliphatic rings. The number of methoxy groups -OCH3 is 1. The second-order valence-electron chi connectivity index (χ2n) is 8.60. The predicted molar refractivity (Wildman–Crippen MR) is 126 cm³/mol. The van der Waals surface area contributed by atoms with Gasteiger partial charge in [-0.15, -0.1) is 0 Å². The van der Waals surface area contributed by atoms with Gasteiger partial charge in [0.05, 0.1) is 7.11 Å². The Labute approximate surface area is 182 Å². The van der Waals surface area contributed by atoms with Crippen LogP contribution in [0.25, 0.3) is 23.3 Å². The number of amides is 1. The van der Waals surface area contributed by atoms with E-state index in [1.54, 1.807) is 19.2 Å². The van der Waals surface area contributed by atoms with Crippen LogP contribution in [0.3, 0.4) is 0 Å². The number of carbonyl (C=O) groups is 1. The Morgan fingerprint density at radius 1 is 1.03 bits per heavy atom. The molecule has 5 nitrogen and oxygen atoms in total. The number of nitrogens with two attached hydrogens (primary N) is 1. The summed E-state index contributed by atoms with van der Waals surface area (Å²) in [5.41, 5.74) is 10.5. The van der Waals surface area contributed by atoms with Crippen molar-refractivity contribution in [3.63, 3.8) is 0 Å². The highest BCUT2D eigenvalue weighted by Gasteiger charge is 2.22. The fourth-order valence-electron chi connectivity index (χ4n) is 3.46. The molecule has 3 rings (SSSR count). The van der Waals surface area contributed by atoms with Crippen LogP contribution >= 0.6 is 0 Å². The fourth-order valence-corrected chi connectivity index (χ4v) is 3.46. The molecule has 3 N–H and O–H groups in total. The molecule has 5 heteroatoms. The maximum Gasteiger partial charge on any atom is 0.256 e. The zero-order valence-corrected chi connectivity index (χ0v) is 18.6. The first-order chi connectivity index (χ1) is 14.6. The summed E-state index contributed by atoms with van der Waals surface area (Å²) in [6.07, 6.45) is 3.90. The third-order valence-corrected chi connectivity index (χ3v) is 5.15. The lowest BCUT2D eigenvalue weighted by molar-refractivity contribution is 0.100. The fraction of sp³-hybridized carbons (Fsp3) is 0.231. The number of carbonyl (C=O) groups excluding carboxylic acids is 1. The van der Waals surface area contributed by atoms with Crippen LogP contribution in [0.1, 0.15) is 53.5 Å².